The topological polar surface area (TPSA) is 66.4 Å². The Hall–Kier alpha value is -0.910. The number of aliphatic hydroxyl groups excluding tert-OH is 1. The third-order valence-corrected chi connectivity index (χ3v) is 4.56. The van der Waals surface area contributed by atoms with Crippen LogP contribution in [0.3, 0.4) is 0 Å². The van der Waals surface area contributed by atoms with Crippen LogP contribution in [-0.2, 0) is 10.0 Å². The summed E-state index contributed by atoms with van der Waals surface area (Å²) in [5.41, 5.74) is 0.771. The normalized spacial score (nSPS) is 15.3. The summed E-state index contributed by atoms with van der Waals surface area (Å²) >= 11 is 0. The van der Waals surface area contributed by atoms with Gasteiger partial charge in [0.1, 0.15) is 0 Å². The molecule has 0 bridgehead atoms. The van der Waals surface area contributed by atoms with Gasteiger partial charge < -0.3 is 5.11 Å². The average molecular weight is 271 g/mol. The van der Waals surface area contributed by atoms with E-state index in [4.69, 9.17) is 0 Å². The Kier molecular flexibility index (Phi) is 5.78. The van der Waals surface area contributed by atoms with Crippen LogP contribution < -0.4 is 4.72 Å². The van der Waals surface area contributed by atoms with E-state index in [0.717, 1.165) is 12.0 Å². The maximum absolute atomic E-state index is 11.9. The molecule has 0 aliphatic rings. The van der Waals surface area contributed by atoms with Crippen molar-refractivity contribution in [2.75, 3.05) is 12.4 Å². The Morgan fingerprint density at radius 3 is 2.39 bits per heavy atom. The summed E-state index contributed by atoms with van der Waals surface area (Å²) in [5.74, 6) is 0.199. The van der Waals surface area contributed by atoms with Gasteiger partial charge in [-0.1, -0.05) is 50.6 Å². The third-order valence-electron chi connectivity index (χ3n) is 2.91. The monoisotopic (exact) mass is 271 g/mol. The van der Waals surface area contributed by atoms with Gasteiger partial charge in [0, 0.05) is 0 Å². The molecule has 0 fully saturated rings. The minimum absolute atomic E-state index is 0.0901. The summed E-state index contributed by atoms with van der Waals surface area (Å²) in [4.78, 5) is 0. The SMILES string of the molecule is CCC(C)CS(=O)(=O)NC(CO)c1ccccc1. The van der Waals surface area contributed by atoms with Gasteiger partial charge in [-0.05, 0) is 11.5 Å². The lowest BCUT2D eigenvalue weighted by molar-refractivity contribution is 0.258. The average Bonchev–Trinajstić information content (AvgIpc) is 2.36. The Morgan fingerprint density at radius 1 is 1.28 bits per heavy atom. The maximum atomic E-state index is 11.9. The fraction of sp³-hybridized carbons (Fsp3) is 0.538. The van der Waals surface area contributed by atoms with Crippen molar-refractivity contribution in [1.82, 2.24) is 4.72 Å². The van der Waals surface area contributed by atoms with Crippen LogP contribution in [0.4, 0.5) is 0 Å². The highest BCUT2D eigenvalue weighted by atomic mass is 32.2. The van der Waals surface area contributed by atoms with Crippen LogP contribution in [0, 0.1) is 5.92 Å². The van der Waals surface area contributed by atoms with Crippen LogP contribution in [0.2, 0.25) is 0 Å². The molecule has 0 heterocycles. The molecule has 1 rings (SSSR count). The fourth-order valence-corrected chi connectivity index (χ4v) is 3.38. The van der Waals surface area contributed by atoms with Crippen LogP contribution in [0.25, 0.3) is 0 Å². The number of benzene rings is 1. The van der Waals surface area contributed by atoms with Crippen LogP contribution in [0.15, 0.2) is 30.3 Å². The summed E-state index contributed by atoms with van der Waals surface area (Å²) in [6.45, 7) is 3.61. The van der Waals surface area contributed by atoms with Crippen molar-refractivity contribution in [3.8, 4) is 0 Å². The van der Waals surface area contributed by atoms with Crippen LogP contribution >= 0.6 is 0 Å². The summed E-state index contributed by atoms with van der Waals surface area (Å²) in [7, 11) is -3.36. The first-order chi connectivity index (χ1) is 8.48. The number of rotatable bonds is 7. The molecule has 4 nitrogen and oxygen atoms in total. The molecule has 0 amide bonds. The molecule has 0 radical (unpaired) electrons. The number of sulfonamides is 1. The molecular formula is C13H21NO3S. The lowest BCUT2D eigenvalue weighted by Crippen LogP contribution is -2.34. The second kappa shape index (κ2) is 6.87. The molecular weight excluding hydrogens is 250 g/mol. The zero-order chi connectivity index (χ0) is 13.6. The molecule has 1 aromatic rings. The Morgan fingerprint density at radius 2 is 1.89 bits per heavy atom. The van der Waals surface area contributed by atoms with Crippen LogP contribution in [0.5, 0.6) is 0 Å². The fourth-order valence-electron chi connectivity index (χ4n) is 1.65. The van der Waals surface area contributed by atoms with Crippen LogP contribution in [-0.4, -0.2) is 25.9 Å². The highest BCUT2D eigenvalue weighted by Gasteiger charge is 2.20. The highest BCUT2D eigenvalue weighted by Crippen LogP contribution is 2.14. The first-order valence-corrected chi connectivity index (χ1v) is 7.79. The number of aliphatic hydroxyl groups is 1. The van der Waals surface area contributed by atoms with Gasteiger partial charge in [-0.3, -0.25) is 0 Å². The molecule has 18 heavy (non-hydrogen) atoms. The lowest BCUT2D eigenvalue weighted by Gasteiger charge is -2.18. The Labute approximate surface area is 109 Å². The van der Waals surface area contributed by atoms with E-state index in [1.54, 1.807) is 12.1 Å². The first kappa shape index (κ1) is 15.1. The standard InChI is InChI=1S/C13H21NO3S/c1-3-11(2)10-18(16,17)14-13(9-15)12-7-5-4-6-8-12/h4-8,11,13-15H,3,9-10H2,1-2H3. The number of hydrogen-bond donors (Lipinski definition) is 2. The molecule has 2 unspecified atom stereocenters. The van der Waals surface area contributed by atoms with E-state index in [2.05, 4.69) is 4.72 Å². The molecule has 2 N–H and O–H groups in total. The van der Waals surface area contributed by atoms with Gasteiger partial charge >= 0.3 is 0 Å². The number of nitrogens with one attached hydrogen (secondary N) is 1. The van der Waals surface area contributed by atoms with Crippen molar-refractivity contribution in [1.29, 1.82) is 0 Å². The van der Waals surface area contributed by atoms with Gasteiger partial charge in [0.15, 0.2) is 0 Å². The molecule has 0 aliphatic heterocycles. The highest BCUT2D eigenvalue weighted by molar-refractivity contribution is 7.89. The molecule has 0 saturated carbocycles. The quantitative estimate of drug-likeness (QED) is 0.793. The molecule has 0 aliphatic carbocycles. The summed E-state index contributed by atoms with van der Waals surface area (Å²) in [6, 6.07) is 8.52. The Bertz CT molecular complexity index is 445. The third kappa shape index (κ3) is 4.76. The molecule has 1 aromatic carbocycles. The summed E-state index contributed by atoms with van der Waals surface area (Å²) < 4.78 is 26.4. The van der Waals surface area contributed by atoms with E-state index in [1.807, 2.05) is 32.0 Å². The number of hydrogen-bond acceptors (Lipinski definition) is 3. The zero-order valence-corrected chi connectivity index (χ0v) is 11.7. The van der Waals surface area contributed by atoms with Crippen molar-refractivity contribution in [3.05, 3.63) is 35.9 Å². The van der Waals surface area contributed by atoms with E-state index in [1.165, 1.54) is 0 Å². The molecule has 0 saturated heterocycles. The van der Waals surface area contributed by atoms with E-state index in [9.17, 15) is 13.5 Å². The molecule has 0 aromatic heterocycles. The van der Waals surface area contributed by atoms with E-state index >= 15 is 0 Å². The van der Waals surface area contributed by atoms with Gasteiger partial charge in [0.05, 0.1) is 18.4 Å². The minimum Gasteiger partial charge on any atom is -0.394 e. The molecule has 102 valence electrons. The van der Waals surface area contributed by atoms with E-state index in [0.29, 0.717) is 0 Å². The minimum atomic E-state index is -3.36. The summed E-state index contributed by atoms with van der Waals surface area (Å²) in [5, 5.41) is 9.31. The zero-order valence-electron chi connectivity index (χ0n) is 10.8. The van der Waals surface area contributed by atoms with Crippen molar-refractivity contribution < 1.29 is 13.5 Å². The van der Waals surface area contributed by atoms with E-state index in [-0.39, 0.29) is 18.3 Å². The van der Waals surface area contributed by atoms with Gasteiger partial charge in [0.25, 0.3) is 0 Å². The predicted molar refractivity (Wildman–Crippen MR) is 72.6 cm³/mol. The van der Waals surface area contributed by atoms with Gasteiger partial charge in [-0.2, -0.15) is 0 Å². The molecule has 0 spiro atoms. The van der Waals surface area contributed by atoms with Crippen molar-refractivity contribution in [2.24, 2.45) is 5.92 Å². The van der Waals surface area contributed by atoms with Crippen molar-refractivity contribution in [2.45, 2.75) is 26.3 Å². The second-order valence-electron chi connectivity index (χ2n) is 4.56. The lowest BCUT2D eigenvalue weighted by atomic mass is 10.1. The van der Waals surface area contributed by atoms with Crippen molar-refractivity contribution >= 4 is 10.0 Å². The van der Waals surface area contributed by atoms with Crippen molar-refractivity contribution in [3.63, 3.8) is 0 Å². The largest absolute Gasteiger partial charge is 0.394 e. The molecule has 2 atom stereocenters. The smallest absolute Gasteiger partial charge is 0.212 e. The summed E-state index contributed by atoms with van der Waals surface area (Å²) in [6.07, 6.45) is 0.816. The van der Waals surface area contributed by atoms with E-state index < -0.39 is 16.1 Å². The Balaban J connectivity index is 2.75. The molecule has 5 heteroatoms. The first-order valence-electron chi connectivity index (χ1n) is 6.14. The second-order valence-corrected chi connectivity index (χ2v) is 6.36. The van der Waals surface area contributed by atoms with Gasteiger partial charge in [-0.15, -0.1) is 0 Å². The predicted octanol–water partition coefficient (Wildman–Crippen LogP) is 1.69. The van der Waals surface area contributed by atoms with Gasteiger partial charge in [-0.25, -0.2) is 13.1 Å². The van der Waals surface area contributed by atoms with Gasteiger partial charge in [0.2, 0.25) is 10.0 Å². The van der Waals surface area contributed by atoms with Crippen LogP contribution in [0.1, 0.15) is 31.9 Å². The maximum Gasteiger partial charge on any atom is 0.212 e.